The summed E-state index contributed by atoms with van der Waals surface area (Å²) in [7, 11) is 0. The van der Waals surface area contributed by atoms with Crippen LogP contribution in [0, 0.1) is 0 Å². The van der Waals surface area contributed by atoms with Gasteiger partial charge in [-0.1, -0.05) is 109 Å². The molecule has 7 aromatic carbocycles. The van der Waals surface area contributed by atoms with Crippen molar-refractivity contribution >= 4 is 85.8 Å². The zero-order valence-corrected chi connectivity index (χ0v) is 24.3. The maximum atomic E-state index is 5.43. The highest BCUT2D eigenvalue weighted by atomic mass is 32.1. The summed E-state index contributed by atoms with van der Waals surface area (Å²) in [5, 5.41) is 11.0. The normalized spacial score (nSPS) is 12.1. The maximum absolute atomic E-state index is 5.43. The molecule has 0 N–H and O–H groups in total. The topological polar surface area (TPSA) is 30.7 Å². The van der Waals surface area contributed by atoms with Gasteiger partial charge in [0, 0.05) is 26.4 Å². The summed E-state index contributed by atoms with van der Waals surface area (Å²) < 4.78 is 4.59. The third-order valence-electron chi connectivity index (χ3n) is 8.95. The summed E-state index contributed by atoms with van der Waals surface area (Å²) >= 11 is 1.78. The lowest BCUT2D eigenvalue weighted by atomic mass is 10.0. The molecule has 0 amide bonds. The number of hydrogen-bond donors (Lipinski definition) is 0. The molecule has 0 fully saturated rings. The van der Waals surface area contributed by atoms with Gasteiger partial charge in [-0.3, -0.25) is 4.57 Å². The van der Waals surface area contributed by atoms with Crippen molar-refractivity contribution in [3.8, 4) is 17.2 Å². The van der Waals surface area contributed by atoms with E-state index < -0.39 is 0 Å². The molecule has 0 aliphatic heterocycles. The fourth-order valence-corrected chi connectivity index (χ4v) is 8.09. The molecule has 0 atom stereocenters. The molecule has 0 bridgehead atoms. The fraction of sp³-hybridized carbons (Fsp3) is 0. The Morgan fingerprint density at radius 3 is 1.98 bits per heavy atom. The van der Waals surface area contributed by atoms with E-state index in [2.05, 4.69) is 144 Å². The molecule has 0 radical (unpaired) electrons. The number of hydrogen-bond acceptors (Lipinski definition) is 3. The van der Waals surface area contributed by atoms with Gasteiger partial charge in [0.05, 0.1) is 26.9 Å². The second-order valence-corrected chi connectivity index (χ2v) is 12.5. The van der Waals surface area contributed by atoms with Crippen LogP contribution in [0.2, 0.25) is 0 Å². The minimum atomic E-state index is 0.690. The van der Waals surface area contributed by atoms with Crippen molar-refractivity contribution in [1.82, 2.24) is 14.5 Å². The Labute approximate surface area is 256 Å². The van der Waals surface area contributed by atoms with E-state index in [9.17, 15) is 0 Å². The summed E-state index contributed by atoms with van der Waals surface area (Å²) in [5.74, 6) is 0.690. The van der Waals surface area contributed by atoms with E-state index in [1.807, 2.05) is 0 Å². The SMILES string of the molecule is c1ccc2cc(-c3nc(-n4c5ccccc5c5c6ccccc6ccc54)nc4c3sc3cc5ccccc5cc34)ccc2c1. The molecule has 44 heavy (non-hydrogen) atoms. The Bertz CT molecular complexity index is 2790. The van der Waals surface area contributed by atoms with Crippen LogP contribution in [0.1, 0.15) is 0 Å². The zero-order valence-electron chi connectivity index (χ0n) is 23.5. The number of para-hydroxylation sites is 1. The second kappa shape index (κ2) is 8.96. The van der Waals surface area contributed by atoms with E-state index in [1.54, 1.807) is 11.3 Å². The zero-order chi connectivity index (χ0) is 28.8. The largest absolute Gasteiger partial charge is 0.278 e. The lowest BCUT2D eigenvalue weighted by Gasteiger charge is -2.11. The van der Waals surface area contributed by atoms with Crippen LogP contribution in [-0.2, 0) is 0 Å². The maximum Gasteiger partial charge on any atom is 0.235 e. The first-order valence-corrected chi connectivity index (χ1v) is 15.7. The van der Waals surface area contributed by atoms with Gasteiger partial charge >= 0.3 is 0 Å². The third-order valence-corrected chi connectivity index (χ3v) is 10.1. The van der Waals surface area contributed by atoms with Crippen LogP contribution in [0.4, 0.5) is 0 Å². The molecule has 3 aromatic heterocycles. The van der Waals surface area contributed by atoms with Crippen molar-refractivity contribution in [1.29, 1.82) is 0 Å². The van der Waals surface area contributed by atoms with Crippen LogP contribution in [0.5, 0.6) is 0 Å². The number of aromatic nitrogens is 3. The first kappa shape index (κ1) is 23.9. The van der Waals surface area contributed by atoms with Gasteiger partial charge < -0.3 is 0 Å². The van der Waals surface area contributed by atoms with Crippen molar-refractivity contribution in [3.05, 3.63) is 140 Å². The first-order chi connectivity index (χ1) is 21.8. The average molecular weight is 578 g/mol. The Kier molecular flexibility index (Phi) is 4.87. The molecule has 0 saturated heterocycles. The Morgan fingerprint density at radius 1 is 0.477 bits per heavy atom. The van der Waals surface area contributed by atoms with E-state index >= 15 is 0 Å². The smallest absolute Gasteiger partial charge is 0.235 e. The van der Waals surface area contributed by atoms with Crippen molar-refractivity contribution in [3.63, 3.8) is 0 Å². The molecule has 0 unspecified atom stereocenters. The van der Waals surface area contributed by atoms with Gasteiger partial charge in [0.1, 0.15) is 0 Å². The monoisotopic (exact) mass is 577 g/mol. The Morgan fingerprint density at radius 2 is 1.14 bits per heavy atom. The molecule has 0 saturated carbocycles. The van der Waals surface area contributed by atoms with Crippen LogP contribution in [0.3, 0.4) is 0 Å². The van der Waals surface area contributed by atoms with Crippen molar-refractivity contribution in [2.75, 3.05) is 0 Å². The summed E-state index contributed by atoms with van der Waals surface area (Å²) in [6.45, 7) is 0. The van der Waals surface area contributed by atoms with Gasteiger partial charge in [0.15, 0.2) is 0 Å². The first-order valence-electron chi connectivity index (χ1n) is 14.8. The molecule has 10 aromatic rings. The third kappa shape index (κ3) is 3.37. The Hall–Kier alpha value is -5.58. The van der Waals surface area contributed by atoms with Crippen LogP contribution in [-0.4, -0.2) is 14.5 Å². The highest BCUT2D eigenvalue weighted by Crippen LogP contribution is 2.42. The summed E-state index contributed by atoms with van der Waals surface area (Å²) in [6.07, 6.45) is 0. The molecule has 0 aliphatic carbocycles. The lowest BCUT2D eigenvalue weighted by molar-refractivity contribution is 1.02. The molecule has 3 nitrogen and oxygen atoms in total. The highest BCUT2D eigenvalue weighted by Gasteiger charge is 2.21. The van der Waals surface area contributed by atoms with E-state index in [0.717, 1.165) is 32.5 Å². The molecule has 0 aliphatic rings. The van der Waals surface area contributed by atoms with Crippen LogP contribution >= 0.6 is 11.3 Å². The minimum absolute atomic E-state index is 0.690. The number of fused-ring (bicyclic) bond motifs is 10. The Balaban J connectivity index is 1.36. The standard InChI is InChI=1S/C40H23N3S/c1-2-11-26-21-29(18-17-24(26)9-1)37-39-38(32-22-27-12-3-4-13-28(27)23-35(32)44-39)42-40(41-37)43-33-16-8-7-15-31(33)36-30-14-6-5-10-25(30)19-20-34(36)43/h1-23H. The van der Waals surface area contributed by atoms with E-state index in [4.69, 9.17) is 9.97 Å². The number of benzene rings is 7. The molecule has 4 heteroatoms. The van der Waals surface area contributed by atoms with Gasteiger partial charge in [-0.2, -0.15) is 0 Å². The van der Waals surface area contributed by atoms with Gasteiger partial charge in [-0.05, 0) is 62.6 Å². The highest BCUT2D eigenvalue weighted by molar-refractivity contribution is 7.26. The fourth-order valence-electron chi connectivity index (χ4n) is 6.90. The van der Waals surface area contributed by atoms with Crippen LogP contribution < -0.4 is 0 Å². The molecular formula is C40H23N3S. The van der Waals surface area contributed by atoms with E-state index in [1.165, 1.54) is 53.2 Å². The van der Waals surface area contributed by atoms with Crippen molar-refractivity contribution < 1.29 is 0 Å². The van der Waals surface area contributed by atoms with Gasteiger partial charge in [-0.25, -0.2) is 9.97 Å². The van der Waals surface area contributed by atoms with Crippen molar-refractivity contribution in [2.45, 2.75) is 0 Å². The van der Waals surface area contributed by atoms with Gasteiger partial charge in [0.2, 0.25) is 5.95 Å². The molecule has 10 rings (SSSR count). The van der Waals surface area contributed by atoms with Crippen LogP contribution in [0.15, 0.2) is 140 Å². The van der Waals surface area contributed by atoms with E-state index in [-0.39, 0.29) is 0 Å². The second-order valence-electron chi connectivity index (χ2n) is 11.4. The average Bonchev–Trinajstić information content (AvgIpc) is 3.62. The number of thiophene rings is 1. The van der Waals surface area contributed by atoms with Crippen LogP contribution in [0.25, 0.3) is 91.6 Å². The quantitative estimate of drug-likeness (QED) is 0.205. The molecular weight excluding hydrogens is 555 g/mol. The number of nitrogens with zero attached hydrogens (tertiary/aromatic N) is 3. The van der Waals surface area contributed by atoms with Gasteiger partial charge in [-0.15, -0.1) is 11.3 Å². The summed E-state index contributed by atoms with van der Waals surface area (Å²) in [6, 6.07) is 50.0. The molecule has 0 spiro atoms. The van der Waals surface area contributed by atoms with Crippen molar-refractivity contribution in [2.24, 2.45) is 0 Å². The lowest BCUT2D eigenvalue weighted by Crippen LogP contribution is -2.02. The summed E-state index contributed by atoms with van der Waals surface area (Å²) in [5.41, 5.74) is 5.27. The predicted octanol–water partition coefficient (Wildman–Crippen LogP) is 11.1. The number of rotatable bonds is 2. The molecule has 204 valence electrons. The predicted molar refractivity (Wildman–Crippen MR) is 187 cm³/mol. The molecule has 3 heterocycles. The van der Waals surface area contributed by atoms with E-state index in [0.29, 0.717) is 5.95 Å². The van der Waals surface area contributed by atoms with Gasteiger partial charge in [0.25, 0.3) is 0 Å². The summed E-state index contributed by atoms with van der Waals surface area (Å²) in [4.78, 5) is 10.8. The minimum Gasteiger partial charge on any atom is -0.278 e.